The van der Waals surface area contributed by atoms with E-state index in [1.165, 1.54) is 32.1 Å². The molecule has 0 saturated heterocycles. The minimum absolute atomic E-state index is 0.134. The maximum atomic E-state index is 13.4. The molecule has 4 aliphatic carbocycles. The summed E-state index contributed by atoms with van der Waals surface area (Å²) < 4.78 is 5.95. The standard InChI is InChI=1S/C22H30O2/c1-4-21-14-19(23)20-16-9-7-6-8-15(16)10-11-17(20)18(21)12-13-22(21,5-2)24-3/h2,8,16-18,20H,4,6-7,9-14H2,1,3H3/t16?,17?,18?,20?,21-,22-/m0/s1. The van der Waals surface area contributed by atoms with Gasteiger partial charge in [0.1, 0.15) is 11.4 Å². The van der Waals surface area contributed by atoms with Gasteiger partial charge in [-0.1, -0.05) is 24.5 Å². The highest BCUT2D eigenvalue weighted by molar-refractivity contribution is 5.84. The normalized spacial score (nSPS) is 47.2. The Kier molecular flexibility index (Phi) is 3.92. The topological polar surface area (TPSA) is 26.3 Å². The highest BCUT2D eigenvalue weighted by Gasteiger charge is 2.66. The molecule has 0 spiro atoms. The van der Waals surface area contributed by atoms with Gasteiger partial charge in [-0.15, -0.1) is 6.42 Å². The van der Waals surface area contributed by atoms with Crippen LogP contribution in [0, 0.1) is 41.4 Å². The lowest BCUT2D eigenvalue weighted by Gasteiger charge is -2.55. The zero-order valence-corrected chi connectivity index (χ0v) is 15.1. The minimum atomic E-state index is -0.532. The second-order valence-electron chi connectivity index (χ2n) is 8.52. The van der Waals surface area contributed by atoms with Crippen LogP contribution in [-0.2, 0) is 9.53 Å². The van der Waals surface area contributed by atoms with Crippen LogP contribution in [0.15, 0.2) is 11.6 Å². The first kappa shape index (κ1) is 16.4. The number of carbonyl (C=O) groups is 1. The molecule has 0 amide bonds. The molecule has 0 N–H and O–H groups in total. The van der Waals surface area contributed by atoms with Crippen molar-refractivity contribution in [3.05, 3.63) is 11.6 Å². The minimum Gasteiger partial charge on any atom is -0.365 e. The van der Waals surface area contributed by atoms with E-state index in [0.29, 0.717) is 30.0 Å². The summed E-state index contributed by atoms with van der Waals surface area (Å²) in [5, 5.41) is 0. The highest BCUT2D eigenvalue weighted by atomic mass is 16.5. The van der Waals surface area contributed by atoms with Crippen LogP contribution in [0.1, 0.15) is 64.7 Å². The molecule has 0 aromatic rings. The lowest BCUT2D eigenvalue weighted by molar-refractivity contribution is -0.154. The van der Waals surface area contributed by atoms with Gasteiger partial charge in [-0.3, -0.25) is 4.79 Å². The summed E-state index contributed by atoms with van der Waals surface area (Å²) in [4.78, 5) is 13.4. The van der Waals surface area contributed by atoms with Gasteiger partial charge in [0.15, 0.2) is 0 Å². The first-order valence-corrected chi connectivity index (χ1v) is 9.87. The highest BCUT2D eigenvalue weighted by Crippen LogP contribution is 2.66. The van der Waals surface area contributed by atoms with Crippen LogP contribution in [0.2, 0.25) is 0 Å². The number of terminal acetylenes is 1. The van der Waals surface area contributed by atoms with Crippen molar-refractivity contribution in [1.29, 1.82) is 0 Å². The van der Waals surface area contributed by atoms with Crippen LogP contribution in [0.25, 0.3) is 0 Å². The molecule has 4 unspecified atom stereocenters. The summed E-state index contributed by atoms with van der Waals surface area (Å²) in [6.45, 7) is 2.21. The summed E-state index contributed by atoms with van der Waals surface area (Å²) in [7, 11) is 1.75. The molecule has 2 nitrogen and oxygen atoms in total. The predicted molar refractivity (Wildman–Crippen MR) is 95.3 cm³/mol. The van der Waals surface area contributed by atoms with E-state index in [-0.39, 0.29) is 11.3 Å². The van der Waals surface area contributed by atoms with Gasteiger partial charge in [-0.2, -0.15) is 0 Å². The summed E-state index contributed by atoms with van der Waals surface area (Å²) in [6.07, 6.45) is 18.1. The van der Waals surface area contributed by atoms with Crippen molar-refractivity contribution < 1.29 is 9.53 Å². The Bertz CT molecular complexity index is 612. The van der Waals surface area contributed by atoms with E-state index in [1.54, 1.807) is 12.7 Å². The second kappa shape index (κ2) is 5.73. The predicted octanol–water partition coefficient (Wildman–Crippen LogP) is 4.54. The lowest BCUT2D eigenvalue weighted by atomic mass is 9.49. The number of ether oxygens (including phenoxy) is 1. The molecule has 0 aromatic heterocycles. The molecule has 2 heteroatoms. The van der Waals surface area contributed by atoms with Crippen LogP contribution in [0.5, 0.6) is 0 Å². The van der Waals surface area contributed by atoms with Gasteiger partial charge in [0.05, 0.1) is 0 Å². The van der Waals surface area contributed by atoms with E-state index in [9.17, 15) is 4.79 Å². The van der Waals surface area contributed by atoms with Crippen molar-refractivity contribution in [1.82, 2.24) is 0 Å². The smallest absolute Gasteiger partial charge is 0.137 e. The number of methoxy groups -OCH3 is 1. The van der Waals surface area contributed by atoms with E-state index in [4.69, 9.17) is 11.2 Å². The molecule has 4 aliphatic rings. The van der Waals surface area contributed by atoms with Gasteiger partial charge in [0, 0.05) is 24.9 Å². The lowest BCUT2D eigenvalue weighted by Crippen LogP contribution is -2.57. The Hall–Kier alpha value is -1.07. The number of fused-ring (bicyclic) bond motifs is 5. The van der Waals surface area contributed by atoms with Crippen LogP contribution < -0.4 is 0 Å². The molecule has 4 rings (SSSR count). The van der Waals surface area contributed by atoms with Crippen LogP contribution in [0.4, 0.5) is 0 Å². The van der Waals surface area contributed by atoms with Crippen LogP contribution in [-0.4, -0.2) is 18.5 Å². The second-order valence-corrected chi connectivity index (χ2v) is 8.52. The van der Waals surface area contributed by atoms with Crippen LogP contribution in [0.3, 0.4) is 0 Å². The molecule has 6 atom stereocenters. The number of Topliss-reactive ketones (excluding diaryl/α,β-unsaturated/α-hetero) is 1. The summed E-state index contributed by atoms with van der Waals surface area (Å²) in [6, 6.07) is 0. The maximum absolute atomic E-state index is 13.4. The van der Waals surface area contributed by atoms with Gasteiger partial charge in [-0.05, 0) is 69.1 Å². The third-order valence-electron chi connectivity index (χ3n) is 8.18. The average molecular weight is 326 g/mol. The number of hydrogen-bond donors (Lipinski definition) is 0. The molecule has 0 radical (unpaired) electrons. The Morgan fingerprint density at radius 3 is 2.92 bits per heavy atom. The van der Waals surface area contributed by atoms with Gasteiger partial charge in [0.25, 0.3) is 0 Å². The van der Waals surface area contributed by atoms with E-state index in [0.717, 1.165) is 19.3 Å². The van der Waals surface area contributed by atoms with Gasteiger partial charge in [0.2, 0.25) is 0 Å². The molecule has 24 heavy (non-hydrogen) atoms. The molecule has 3 fully saturated rings. The first-order valence-electron chi connectivity index (χ1n) is 9.87. The number of ketones is 1. The number of carbonyl (C=O) groups excluding carboxylic acids is 1. The summed E-state index contributed by atoms with van der Waals surface area (Å²) in [5.41, 5.74) is 0.924. The first-order chi connectivity index (χ1) is 11.6. The van der Waals surface area contributed by atoms with Crippen molar-refractivity contribution in [3.8, 4) is 12.3 Å². The van der Waals surface area contributed by atoms with E-state index in [2.05, 4.69) is 18.9 Å². The Labute approximate surface area is 146 Å². The fourth-order valence-electron chi connectivity index (χ4n) is 7.15. The third-order valence-corrected chi connectivity index (χ3v) is 8.18. The molecule has 0 aliphatic heterocycles. The number of rotatable bonds is 2. The number of hydrogen-bond acceptors (Lipinski definition) is 2. The number of allylic oxidation sites excluding steroid dienone is 2. The summed E-state index contributed by atoms with van der Waals surface area (Å²) >= 11 is 0. The van der Waals surface area contributed by atoms with E-state index < -0.39 is 5.60 Å². The molecular formula is C22H30O2. The van der Waals surface area contributed by atoms with Crippen molar-refractivity contribution in [3.63, 3.8) is 0 Å². The molecular weight excluding hydrogens is 296 g/mol. The summed E-state index contributed by atoms with van der Waals surface area (Å²) in [5.74, 6) is 5.37. The van der Waals surface area contributed by atoms with Gasteiger partial charge in [-0.25, -0.2) is 0 Å². The Balaban J connectivity index is 1.75. The largest absolute Gasteiger partial charge is 0.365 e. The monoisotopic (exact) mass is 326 g/mol. The fraction of sp³-hybridized carbons (Fsp3) is 0.773. The van der Waals surface area contributed by atoms with Crippen molar-refractivity contribution >= 4 is 5.78 Å². The molecule has 0 bridgehead atoms. The van der Waals surface area contributed by atoms with Crippen molar-refractivity contribution in [2.45, 2.75) is 70.3 Å². The van der Waals surface area contributed by atoms with Crippen molar-refractivity contribution in [2.75, 3.05) is 7.11 Å². The molecule has 130 valence electrons. The van der Waals surface area contributed by atoms with Gasteiger partial charge < -0.3 is 4.74 Å². The zero-order valence-electron chi connectivity index (χ0n) is 15.1. The zero-order chi connectivity index (χ0) is 16.9. The van der Waals surface area contributed by atoms with E-state index in [1.807, 2.05) is 0 Å². The average Bonchev–Trinajstić information content (AvgIpc) is 2.96. The quantitative estimate of drug-likeness (QED) is 0.550. The molecule has 3 saturated carbocycles. The van der Waals surface area contributed by atoms with E-state index >= 15 is 0 Å². The third kappa shape index (κ3) is 1.91. The van der Waals surface area contributed by atoms with Gasteiger partial charge >= 0.3 is 0 Å². The van der Waals surface area contributed by atoms with Crippen molar-refractivity contribution in [2.24, 2.45) is 29.1 Å². The SMILES string of the molecule is C#C[C@]1(OC)CCC2C3CCC4=CCCCC4C3C(=O)C[C@@]21CC. The fourth-order valence-corrected chi connectivity index (χ4v) is 7.15. The molecule has 0 heterocycles. The Morgan fingerprint density at radius 1 is 1.38 bits per heavy atom. The maximum Gasteiger partial charge on any atom is 0.137 e. The molecule has 0 aromatic carbocycles. The van der Waals surface area contributed by atoms with Crippen LogP contribution >= 0.6 is 0 Å². The Morgan fingerprint density at radius 2 is 2.21 bits per heavy atom.